The first-order valence-electron chi connectivity index (χ1n) is 4.68. The largest absolute Gasteiger partial charge is 0.462 e. The van der Waals surface area contributed by atoms with Crippen molar-refractivity contribution in [1.29, 1.82) is 0 Å². The van der Waals surface area contributed by atoms with Crippen molar-refractivity contribution in [2.75, 3.05) is 0 Å². The summed E-state index contributed by atoms with van der Waals surface area (Å²) in [4.78, 5) is 11.1. The molecule has 0 heterocycles. The van der Waals surface area contributed by atoms with Crippen LogP contribution in [0, 0.1) is 5.41 Å². The van der Waals surface area contributed by atoms with Gasteiger partial charge in [-0.1, -0.05) is 20.8 Å². The maximum Gasteiger partial charge on any atom is 0.322 e. The lowest BCUT2D eigenvalue weighted by Gasteiger charge is -2.23. The third-order valence-corrected chi connectivity index (χ3v) is 1.59. The molecule has 3 heteroatoms. The number of ether oxygens (including phenoxy) is 1. The molecule has 0 aromatic rings. The summed E-state index contributed by atoms with van der Waals surface area (Å²) < 4.78 is 5.12. The molecule has 0 rings (SSSR count). The Morgan fingerprint density at radius 3 is 2.15 bits per heavy atom. The van der Waals surface area contributed by atoms with Gasteiger partial charge in [0.2, 0.25) is 0 Å². The molecule has 13 heavy (non-hydrogen) atoms. The van der Waals surface area contributed by atoms with Crippen LogP contribution in [0.25, 0.3) is 0 Å². The number of carbonyl (C=O) groups is 1. The predicted octanol–water partition coefficient (Wildman–Crippen LogP) is 1.70. The summed E-state index contributed by atoms with van der Waals surface area (Å²) in [5.74, 6) is -0.322. The second-order valence-electron chi connectivity index (χ2n) is 4.80. The fraction of sp³-hybridized carbons (Fsp3) is 0.900. The molecule has 0 aromatic carbocycles. The summed E-state index contributed by atoms with van der Waals surface area (Å²) >= 11 is 0. The van der Waals surface area contributed by atoms with Crippen LogP contribution in [-0.2, 0) is 9.53 Å². The van der Waals surface area contributed by atoms with Crippen molar-refractivity contribution in [1.82, 2.24) is 0 Å². The molecule has 0 saturated carbocycles. The van der Waals surface area contributed by atoms with Crippen LogP contribution in [0.4, 0.5) is 0 Å². The van der Waals surface area contributed by atoms with E-state index in [0.717, 1.165) is 6.42 Å². The van der Waals surface area contributed by atoms with E-state index >= 15 is 0 Å². The highest BCUT2D eigenvalue weighted by Gasteiger charge is 2.19. The van der Waals surface area contributed by atoms with Crippen LogP contribution >= 0.6 is 0 Å². The van der Waals surface area contributed by atoms with E-state index in [9.17, 15) is 4.79 Å². The van der Waals surface area contributed by atoms with Gasteiger partial charge in [0.15, 0.2) is 0 Å². The molecule has 3 nitrogen and oxygen atoms in total. The first kappa shape index (κ1) is 12.4. The molecule has 0 aliphatic heterocycles. The van der Waals surface area contributed by atoms with Crippen molar-refractivity contribution in [2.45, 2.75) is 53.2 Å². The quantitative estimate of drug-likeness (QED) is 0.684. The first-order chi connectivity index (χ1) is 5.72. The molecule has 0 fully saturated rings. The van der Waals surface area contributed by atoms with E-state index < -0.39 is 6.04 Å². The van der Waals surface area contributed by atoms with Crippen molar-refractivity contribution in [2.24, 2.45) is 11.1 Å². The van der Waals surface area contributed by atoms with Gasteiger partial charge in [-0.3, -0.25) is 4.79 Å². The van der Waals surface area contributed by atoms with Crippen LogP contribution in [0.5, 0.6) is 0 Å². The van der Waals surface area contributed by atoms with Gasteiger partial charge in [0.1, 0.15) is 6.04 Å². The summed E-state index contributed by atoms with van der Waals surface area (Å²) in [6.07, 6.45) is 0.796. The van der Waals surface area contributed by atoms with Gasteiger partial charge in [-0.15, -0.1) is 0 Å². The normalized spacial score (nSPS) is 16.5. The number of hydrogen-bond acceptors (Lipinski definition) is 3. The molecular formula is C10H21NO2. The minimum atomic E-state index is -0.526. The number of esters is 1. The van der Waals surface area contributed by atoms with Crippen LogP contribution in [0.1, 0.15) is 41.0 Å². The minimum absolute atomic E-state index is 0.0569. The van der Waals surface area contributed by atoms with Crippen LogP contribution in [-0.4, -0.2) is 18.1 Å². The number of carbonyl (C=O) groups excluding carboxylic acids is 1. The van der Waals surface area contributed by atoms with Crippen molar-refractivity contribution >= 4 is 5.97 Å². The average molecular weight is 187 g/mol. The van der Waals surface area contributed by atoms with E-state index in [-0.39, 0.29) is 17.5 Å². The molecule has 0 bridgehead atoms. The van der Waals surface area contributed by atoms with E-state index in [0.29, 0.717) is 0 Å². The molecule has 0 spiro atoms. The second-order valence-corrected chi connectivity index (χ2v) is 4.80. The summed E-state index contributed by atoms with van der Waals surface area (Å²) in [6.45, 7) is 9.87. The van der Waals surface area contributed by atoms with Crippen LogP contribution in [0.2, 0.25) is 0 Å². The molecule has 2 N–H and O–H groups in total. The van der Waals surface area contributed by atoms with E-state index in [1.54, 1.807) is 6.92 Å². The molecule has 2 unspecified atom stereocenters. The van der Waals surface area contributed by atoms with E-state index in [2.05, 4.69) is 20.8 Å². The Bertz CT molecular complexity index is 170. The third-order valence-electron chi connectivity index (χ3n) is 1.59. The molecule has 0 aliphatic carbocycles. The number of nitrogens with two attached hydrogens (primary N) is 1. The smallest absolute Gasteiger partial charge is 0.322 e. The lowest BCUT2D eigenvalue weighted by atomic mass is 9.90. The summed E-state index contributed by atoms with van der Waals surface area (Å²) in [5.41, 5.74) is 5.55. The monoisotopic (exact) mass is 187 g/mol. The molecule has 0 aromatic heterocycles. The van der Waals surface area contributed by atoms with Crippen LogP contribution < -0.4 is 5.73 Å². The van der Waals surface area contributed by atoms with Crippen LogP contribution in [0.15, 0.2) is 0 Å². The summed E-state index contributed by atoms with van der Waals surface area (Å²) in [5, 5.41) is 0. The molecule has 0 radical (unpaired) electrons. The fourth-order valence-corrected chi connectivity index (χ4v) is 1.21. The topological polar surface area (TPSA) is 52.3 Å². The zero-order valence-corrected chi connectivity index (χ0v) is 9.26. The fourth-order valence-electron chi connectivity index (χ4n) is 1.21. The highest BCUT2D eigenvalue weighted by molar-refractivity contribution is 5.75. The zero-order chi connectivity index (χ0) is 10.6. The van der Waals surface area contributed by atoms with Gasteiger partial charge in [-0.25, -0.2) is 0 Å². The first-order valence-corrected chi connectivity index (χ1v) is 4.68. The Morgan fingerprint density at radius 2 is 1.85 bits per heavy atom. The molecule has 0 saturated heterocycles. The molecule has 0 amide bonds. The maximum absolute atomic E-state index is 11.1. The van der Waals surface area contributed by atoms with Gasteiger partial charge in [0.25, 0.3) is 0 Å². The van der Waals surface area contributed by atoms with Gasteiger partial charge in [0, 0.05) is 0 Å². The molecule has 0 aliphatic rings. The average Bonchev–Trinajstić information content (AvgIpc) is 1.81. The van der Waals surface area contributed by atoms with Gasteiger partial charge >= 0.3 is 5.97 Å². The van der Waals surface area contributed by atoms with Crippen LogP contribution in [0.3, 0.4) is 0 Å². The highest BCUT2D eigenvalue weighted by Crippen LogP contribution is 2.22. The van der Waals surface area contributed by atoms with Crippen molar-refractivity contribution in [3.63, 3.8) is 0 Å². The Labute approximate surface area is 80.6 Å². The van der Waals surface area contributed by atoms with Gasteiger partial charge in [0.05, 0.1) is 6.10 Å². The zero-order valence-electron chi connectivity index (χ0n) is 9.26. The van der Waals surface area contributed by atoms with Gasteiger partial charge in [-0.05, 0) is 25.7 Å². The molecule has 78 valence electrons. The lowest BCUT2D eigenvalue weighted by molar-refractivity contribution is -0.150. The van der Waals surface area contributed by atoms with Crippen molar-refractivity contribution in [3.05, 3.63) is 0 Å². The molecule has 2 atom stereocenters. The van der Waals surface area contributed by atoms with E-state index in [1.807, 2.05) is 6.92 Å². The van der Waals surface area contributed by atoms with E-state index in [1.165, 1.54) is 0 Å². The standard InChI is InChI=1S/C10H21NO2/c1-7(6-10(3,4)5)13-9(12)8(2)11/h7-8H,6,11H2,1-5H3. The maximum atomic E-state index is 11.1. The highest BCUT2D eigenvalue weighted by atomic mass is 16.5. The summed E-state index contributed by atoms with van der Waals surface area (Å²) in [7, 11) is 0. The van der Waals surface area contributed by atoms with Crippen molar-refractivity contribution < 1.29 is 9.53 Å². The second kappa shape index (κ2) is 4.61. The number of rotatable bonds is 3. The van der Waals surface area contributed by atoms with Crippen molar-refractivity contribution in [3.8, 4) is 0 Å². The Balaban J connectivity index is 3.88. The van der Waals surface area contributed by atoms with Gasteiger partial charge < -0.3 is 10.5 Å². The third kappa shape index (κ3) is 6.58. The van der Waals surface area contributed by atoms with E-state index in [4.69, 9.17) is 10.5 Å². The lowest BCUT2D eigenvalue weighted by Crippen LogP contribution is -2.32. The minimum Gasteiger partial charge on any atom is -0.462 e. The predicted molar refractivity (Wildman–Crippen MR) is 53.3 cm³/mol. The number of hydrogen-bond donors (Lipinski definition) is 1. The Hall–Kier alpha value is -0.570. The summed E-state index contributed by atoms with van der Waals surface area (Å²) in [6, 6.07) is -0.526. The SMILES string of the molecule is CC(CC(C)(C)C)OC(=O)C(C)N. The Morgan fingerprint density at radius 1 is 1.38 bits per heavy atom. The molecular weight excluding hydrogens is 166 g/mol. The van der Waals surface area contributed by atoms with Gasteiger partial charge in [-0.2, -0.15) is 0 Å². The Kier molecular flexibility index (Phi) is 4.40.